The molecule has 1 saturated heterocycles. The Labute approximate surface area is 173 Å². The number of nitrogens with zero attached hydrogens (tertiary/aromatic N) is 5. The van der Waals surface area contributed by atoms with E-state index in [-0.39, 0.29) is 11.9 Å². The van der Waals surface area contributed by atoms with E-state index in [1.807, 2.05) is 31.0 Å². The standard InChI is InChI=1S/C20H23N7OS/c1-13-10-22-20(29-13)26-18-9-16(24-14(2)25-18)17-5-3-4-8-27(17)19(28)7-6-15-11-21-12-23-15/h6-7,9-12,17H,3-5,8H2,1-2H3,(H,21,23)(H,22,24,25,26)/b7-6+. The molecule has 1 aliphatic heterocycles. The Bertz CT molecular complexity index is 1010. The molecule has 1 aliphatic rings. The maximum absolute atomic E-state index is 12.9. The number of likely N-dealkylation sites (tertiary alicyclic amines) is 1. The summed E-state index contributed by atoms with van der Waals surface area (Å²) in [6, 6.07) is 1.86. The van der Waals surface area contributed by atoms with Crippen molar-refractivity contribution in [1.29, 1.82) is 0 Å². The molecule has 3 aromatic rings. The lowest BCUT2D eigenvalue weighted by Gasteiger charge is -2.35. The van der Waals surface area contributed by atoms with Gasteiger partial charge in [-0.1, -0.05) is 0 Å². The van der Waals surface area contributed by atoms with Gasteiger partial charge in [-0.15, -0.1) is 11.3 Å². The van der Waals surface area contributed by atoms with Gasteiger partial charge < -0.3 is 15.2 Å². The lowest BCUT2D eigenvalue weighted by molar-refractivity contribution is -0.129. The van der Waals surface area contributed by atoms with Crippen molar-refractivity contribution in [1.82, 2.24) is 29.8 Å². The molecule has 0 spiro atoms. The normalized spacial score (nSPS) is 17.0. The Morgan fingerprint density at radius 3 is 2.97 bits per heavy atom. The number of carbonyl (C=O) groups excluding carboxylic acids is 1. The number of amides is 1. The first-order chi connectivity index (χ1) is 14.1. The van der Waals surface area contributed by atoms with Crippen LogP contribution < -0.4 is 5.32 Å². The van der Waals surface area contributed by atoms with E-state index in [2.05, 4.69) is 30.2 Å². The van der Waals surface area contributed by atoms with Gasteiger partial charge in [-0.2, -0.15) is 0 Å². The molecule has 4 rings (SSSR count). The summed E-state index contributed by atoms with van der Waals surface area (Å²) in [5.41, 5.74) is 1.66. The number of carbonyl (C=O) groups is 1. The molecule has 0 radical (unpaired) electrons. The number of rotatable bonds is 5. The molecule has 1 fully saturated rings. The van der Waals surface area contributed by atoms with Crippen LogP contribution in [0, 0.1) is 13.8 Å². The van der Waals surface area contributed by atoms with Crippen LogP contribution in [0.3, 0.4) is 0 Å². The van der Waals surface area contributed by atoms with Gasteiger partial charge in [-0.25, -0.2) is 19.9 Å². The van der Waals surface area contributed by atoms with Crippen LogP contribution in [0.1, 0.15) is 47.4 Å². The van der Waals surface area contributed by atoms with E-state index in [1.165, 1.54) is 0 Å². The third-order valence-corrected chi connectivity index (χ3v) is 5.59. The highest BCUT2D eigenvalue weighted by atomic mass is 32.1. The van der Waals surface area contributed by atoms with Crippen molar-refractivity contribution in [2.24, 2.45) is 0 Å². The number of nitrogens with one attached hydrogen (secondary N) is 2. The van der Waals surface area contributed by atoms with Crippen molar-refractivity contribution in [3.05, 3.63) is 53.0 Å². The average Bonchev–Trinajstić information content (AvgIpc) is 3.37. The SMILES string of the molecule is Cc1nc(Nc2ncc(C)s2)cc(C2CCCCN2C(=O)/C=C/c2cnc[nH]2)n1. The zero-order valence-corrected chi connectivity index (χ0v) is 17.2. The third-order valence-electron chi connectivity index (χ3n) is 4.77. The number of imidazole rings is 1. The molecule has 4 heterocycles. The number of hydrogen-bond acceptors (Lipinski definition) is 7. The number of H-pyrrole nitrogens is 1. The summed E-state index contributed by atoms with van der Waals surface area (Å²) in [6.45, 7) is 4.60. The summed E-state index contributed by atoms with van der Waals surface area (Å²) in [5.74, 6) is 1.35. The molecule has 29 heavy (non-hydrogen) atoms. The molecule has 9 heteroatoms. The van der Waals surface area contributed by atoms with Crippen molar-refractivity contribution in [3.63, 3.8) is 0 Å². The number of thiazole rings is 1. The number of aromatic nitrogens is 5. The minimum absolute atomic E-state index is 0.0226. The molecular weight excluding hydrogens is 386 g/mol. The Hall–Kier alpha value is -3.07. The van der Waals surface area contributed by atoms with Gasteiger partial charge in [0.2, 0.25) is 5.91 Å². The van der Waals surface area contributed by atoms with Crippen LogP contribution >= 0.6 is 11.3 Å². The fraction of sp³-hybridized carbons (Fsp3) is 0.350. The third kappa shape index (κ3) is 4.68. The fourth-order valence-electron chi connectivity index (χ4n) is 3.47. The van der Waals surface area contributed by atoms with Gasteiger partial charge in [-0.05, 0) is 39.2 Å². The maximum Gasteiger partial charge on any atom is 0.247 e. The maximum atomic E-state index is 12.9. The summed E-state index contributed by atoms with van der Waals surface area (Å²) in [7, 11) is 0. The number of piperidine rings is 1. The minimum Gasteiger partial charge on any atom is -0.345 e. The first-order valence-electron chi connectivity index (χ1n) is 9.60. The van der Waals surface area contributed by atoms with E-state index < -0.39 is 0 Å². The summed E-state index contributed by atoms with van der Waals surface area (Å²) < 4.78 is 0. The topological polar surface area (TPSA) is 99.7 Å². The van der Waals surface area contributed by atoms with E-state index in [1.54, 1.807) is 36.0 Å². The molecule has 8 nitrogen and oxygen atoms in total. The van der Waals surface area contributed by atoms with Crippen LogP contribution in [-0.4, -0.2) is 42.3 Å². The van der Waals surface area contributed by atoms with Crippen molar-refractivity contribution in [2.75, 3.05) is 11.9 Å². The summed E-state index contributed by atoms with van der Waals surface area (Å²) >= 11 is 1.58. The fourth-order valence-corrected chi connectivity index (χ4v) is 4.14. The Morgan fingerprint density at radius 1 is 1.31 bits per heavy atom. The van der Waals surface area contributed by atoms with E-state index >= 15 is 0 Å². The van der Waals surface area contributed by atoms with Crippen LogP contribution in [-0.2, 0) is 4.79 Å². The molecule has 0 aromatic carbocycles. The Balaban J connectivity index is 1.56. The van der Waals surface area contributed by atoms with Crippen molar-refractivity contribution in [3.8, 4) is 0 Å². The molecule has 3 aromatic heterocycles. The zero-order chi connectivity index (χ0) is 20.2. The second-order valence-electron chi connectivity index (χ2n) is 7.01. The summed E-state index contributed by atoms with van der Waals surface area (Å²) in [6.07, 6.45) is 11.4. The van der Waals surface area contributed by atoms with Crippen LogP contribution in [0.2, 0.25) is 0 Å². The number of aromatic amines is 1. The Kier molecular flexibility index (Phi) is 5.66. The van der Waals surface area contributed by atoms with Crippen LogP contribution in [0.5, 0.6) is 0 Å². The van der Waals surface area contributed by atoms with Crippen molar-refractivity contribution < 1.29 is 4.79 Å². The van der Waals surface area contributed by atoms with E-state index in [0.717, 1.165) is 40.7 Å². The molecule has 1 unspecified atom stereocenters. The second-order valence-corrected chi connectivity index (χ2v) is 8.24. The first-order valence-corrected chi connectivity index (χ1v) is 10.4. The van der Waals surface area contributed by atoms with Gasteiger partial charge >= 0.3 is 0 Å². The van der Waals surface area contributed by atoms with E-state index in [4.69, 9.17) is 0 Å². The van der Waals surface area contributed by atoms with Crippen molar-refractivity contribution >= 4 is 34.3 Å². The molecule has 0 saturated carbocycles. The molecular formula is C20H23N7OS. The summed E-state index contributed by atoms with van der Waals surface area (Å²) in [5, 5.41) is 4.06. The highest BCUT2D eigenvalue weighted by molar-refractivity contribution is 7.15. The van der Waals surface area contributed by atoms with Gasteiger partial charge in [0.25, 0.3) is 0 Å². The van der Waals surface area contributed by atoms with Gasteiger partial charge in [0.05, 0.1) is 30.0 Å². The van der Waals surface area contributed by atoms with Crippen molar-refractivity contribution in [2.45, 2.75) is 39.2 Å². The molecule has 2 N–H and O–H groups in total. The average molecular weight is 410 g/mol. The highest BCUT2D eigenvalue weighted by Gasteiger charge is 2.28. The summed E-state index contributed by atoms with van der Waals surface area (Å²) in [4.78, 5) is 36.3. The van der Waals surface area contributed by atoms with E-state index in [0.29, 0.717) is 18.2 Å². The Morgan fingerprint density at radius 2 is 2.21 bits per heavy atom. The molecule has 1 amide bonds. The van der Waals surface area contributed by atoms with Crippen LogP contribution in [0.25, 0.3) is 6.08 Å². The molecule has 0 bridgehead atoms. The second kappa shape index (κ2) is 8.52. The molecule has 0 aliphatic carbocycles. The monoisotopic (exact) mass is 409 g/mol. The van der Waals surface area contributed by atoms with Gasteiger partial charge in [0, 0.05) is 29.8 Å². The quantitative estimate of drug-likeness (QED) is 0.622. The number of anilines is 2. The predicted octanol–water partition coefficient (Wildman–Crippen LogP) is 3.78. The smallest absolute Gasteiger partial charge is 0.247 e. The minimum atomic E-state index is -0.0667. The van der Waals surface area contributed by atoms with E-state index in [9.17, 15) is 4.79 Å². The number of hydrogen-bond donors (Lipinski definition) is 2. The van der Waals surface area contributed by atoms with Gasteiger partial charge in [-0.3, -0.25) is 4.79 Å². The van der Waals surface area contributed by atoms with Crippen LogP contribution in [0.15, 0.2) is 30.9 Å². The largest absolute Gasteiger partial charge is 0.345 e. The predicted molar refractivity (Wildman–Crippen MR) is 113 cm³/mol. The number of aryl methyl sites for hydroxylation is 2. The molecule has 150 valence electrons. The zero-order valence-electron chi connectivity index (χ0n) is 16.4. The lowest BCUT2D eigenvalue weighted by Crippen LogP contribution is -2.38. The van der Waals surface area contributed by atoms with Gasteiger partial charge in [0.1, 0.15) is 11.6 Å². The van der Waals surface area contributed by atoms with Crippen LogP contribution in [0.4, 0.5) is 10.9 Å². The molecule has 1 atom stereocenters. The van der Waals surface area contributed by atoms with Gasteiger partial charge in [0.15, 0.2) is 5.13 Å². The highest BCUT2D eigenvalue weighted by Crippen LogP contribution is 2.32. The first kappa shape index (κ1) is 19.3. The lowest BCUT2D eigenvalue weighted by atomic mass is 9.98.